The van der Waals surface area contributed by atoms with Crippen molar-refractivity contribution in [3.8, 4) is 5.75 Å². The average Bonchev–Trinajstić information content (AvgIpc) is 2.94. The first-order chi connectivity index (χ1) is 13.4. The van der Waals surface area contributed by atoms with Crippen LogP contribution in [0.3, 0.4) is 0 Å². The maximum absolute atomic E-state index is 12.6. The number of ether oxygens (including phenoxy) is 2. The highest BCUT2D eigenvalue weighted by Crippen LogP contribution is 2.23. The minimum Gasteiger partial charge on any atom is -0.494 e. The molecule has 1 aliphatic heterocycles. The van der Waals surface area contributed by atoms with Gasteiger partial charge in [-0.3, -0.25) is 4.79 Å². The molecule has 1 saturated heterocycles. The lowest BCUT2D eigenvalue weighted by molar-refractivity contribution is -0.137. The van der Waals surface area contributed by atoms with Gasteiger partial charge < -0.3 is 19.7 Å². The lowest BCUT2D eigenvalue weighted by atomic mass is 9.93. The van der Waals surface area contributed by atoms with Crippen molar-refractivity contribution in [2.24, 2.45) is 5.92 Å². The molecule has 0 bridgehead atoms. The third-order valence-electron chi connectivity index (χ3n) is 5.43. The zero-order valence-electron chi connectivity index (χ0n) is 18.1. The Bertz CT molecular complexity index is 580. The fourth-order valence-electron chi connectivity index (χ4n) is 3.78. The van der Waals surface area contributed by atoms with Crippen molar-refractivity contribution in [1.29, 1.82) is 0 Å². The van der Waals surface area contributed by atoms with Crippen LogP contribution in [-0.2, 0) is 9.53 Å². The highest BCUT2D eigenvalue weighted by molar-refractivity contribution is 5.97. The van der Waals surface area contributed by atoms with Gasteiger partial charge in [-0.25, -0.2) is 0 Å². The van der Waals surface area contributed by atoms with Crippen molar-refractivity contribution < 1.29 is 14.3 Å². The van der Waals surface area contributed by atoms with E-state index in [-0.39, 0.29) is 5.91 Å². The smallest absolute Gasteiger partial charge is 0.256 e. The number of rotatable bonds is 10. The first-order valence-corrected chi connectivity index (χ1v) is 10.7. The molecule has 0 radical (unpaired) electrons. The van der Waals surface area contributed by atoms with Crippen molar-refractivity contribution in [2.75, 3.05) is 38.7 Å². The van der Waals surface area contributed by atoms with Crippen LogP contribution in [0, 0.1) is 5.92 Å². The van der Waals surface area contributed by atoms with Crippen LogP contribution in [0.1, 0.15) is 59.3 Å². The number of hydrogen-bond donors (Lipinski definition) is 1. The molecule has 0 unspecified atom stereocenters. The SMILES string of the molecule is CO[C@@](C)(CC(C)C)C(=O)Nc1ccc(OCCCN2CCCCCC2)cc1. The van der Waals surface area contributed by atoms with Gasteiger partial charge in [0.1, 0.15) is 11.4 Å². The molecule has 2 rings (SSSR count). The molecular formula is C23H38N2O3. The normalized spacial score (nSPS) is 17.8. The summed E-state index contributed by atoms with van der Waals surface area (Å²) in [4.78, 5) is 15.2. The van der Waals surface area contributed by atoms with Crippen LogP contribution in [0.5, 0.6) is 5.75 Å². The first-order valence-electron chi connectivity index (χ1n) is 10.7. The highest BCUT2D eigenvalue weighted by atomic mass is 16.5. The third-order valence-corrected chi connectivity index (χ3v) is 5.43. The van der Waals surface area contributed by atoms with E-state index in [0.29, 0.717) is 12.3 Å². The Morgan fingerprint density at radius 2 is 1.79 bits per heavy atom. The lowest BCUT2D eigenvalue weighted by Gasteiger charge is -2.28. The van der Waals surface area contributed by atoms with Crippen LogP contribution in [0.2, 0.25) is 0 Å². The number of methoxy groups -OCH3 is 1. The number of amides is 1. The Labute approximate surface area is 170 Å². The van der Waals surface area contributed by atoms with Crippen molar-refractivity contribution >= 4 is 11.6 Å². The quantitative estimate of drug-likeness (QED) is 0.587. The van der Waals surface area contributed by atoms with E-state index in [1.54, 1.807) is 7.11 Å². The number of nitrogens with one attached hydrogen (secondary N) is 1. The summed E-state index contributed by atoms with van der Waals surface area (Å²) < 4.78 is 11.4. The minimum atomic E-state index is -0.823. The summed E-state index contributed by atoms with van der Waals surface area (Å²) in [6.07, 6.45) is 7.11. The molecule has 1 aromatic rings. The molecule has 0 saturated carbocycles. The standard InChI is InChI=1S/C23H38N2O3/c1-19(2)18-23(3,27-4)22(26)24-20-10-12-21(13-11-20)28-17-9-16-25-14-7-5-6-8-15-25/h10-13,19H,5-9,14-18H2,1-4H3,(H,24,26)/t23-/m0/s1. The van der Waals surface area contributed by atoms with Gasteiger partial charge in [-0.05, 0) is 75.9 Å². The fraction of sp³-hybridized carbons (Fsp3) is 0.696. The number of carbonyl (C=O) groups is 1. The number of likely N-dealkylation sites (tertiary alicyclic amines) is 1. The van der Waals surface area contributed by atoms with Gasteiger partial charge in [-0.2, -0.15) is 0 Å². The molecule has 5 heteroatoms. The van der Waals surface area contributed by atoms with Crippen LogP contribution in [0.4, 0.5) is 5.69 Å². The molecule has 0 aromatic heterocycles. The predicted molar refractivity (Wildman–Crippen MR) is 115 cm³/mol. The first kappa shape index (κ1) is 22.7. The number of anilines is 1. The third kappa shape index (κ3) is 7.44. The van der Waals surface area contributed by atoms with Gasteiger partial charge in [0.25, 0.3) is 5.91 Å². The molecule has 1 amide bonds. The predicted octanol–water partition coefficient (Wildman–Crippen LogP) is 4.72. The Balaban J connectivity index is 1.75. The molecule has 1 aliphatic rings. The molecule has 158 valence electrons. The Morgan fingerprint density at radius 1 is 1.14 bits per heavy atom. The number of nitrogens with zero attached hydrogens (tertiary/aromatic N) is 1. The minimum absolute atomic E-state index is 0.116. The van der Waals surface area contributed by atoms with E-state index in [9.17, 15) is 4.79 Å². The molecule has 1 atom stereocenters. The second-order valence-electron chi connectivity index (χ2n) is 8.47. The second kappa shape index (κ2) is 11.4. The van der Waals surface area contributed by atoms with Crippen molar-refractivity contribution in [1.82, 2.24) is 4.90 Å². The molecule has 1 aromatic carbocycles. The van der Waals surface area contributed by atoms with Crippen molar-refractivity contribution in [2.45, 2.75) is 64.9 Å². The Hall–Kier alpha value is -1.59. The summed E-state index contributed by atoms with van der Waals surface area (Å²) in [6, 6.07) is 7.59. The van der Waals surface area contributed by atoms with Crippen LogP contribution < -0.4 is 10.1 Å². The lowest BCUT2D eigenvalue weighted by Crippen LogP contribution is -2.43. The zero-order valence-corrected chi connectivity index (χ0v) is 18.1. The zero-order chi connectivity index (χ0) is 20.4. The molecule has 28 heavy (non-hydrogen) atoms. The van der Waals surface area contributed by atoms with Gasteiger partial charge >= 0.3 is 0 Å². The van der Waals surface area contributed by atoms with Crippen LogP contribution in [-0.4, -0.2) is 49.8 Å². The van der Waals surface area contributed by atoms with Gasteiger partial charge in [-0.1, -0.05) is 26.7 Å². The van der Waals surface area contributed by atoms with Crippen LogP contribution in [0.25, 0.3) is 0 Å². The molecule has 0 aliphatic carbocycles. The van der Waals surface area contributed by atoms with Crippen molar-refractivity contribution in [3.05, 3.63) is 24.3 Å². The van der Waals surface area contributed by atoms with E-state index < -0.39 is 5.60 Å². The Kier molecular flexibility index (Phi) is 9.26. The van der Waals surface area contributed by atoms with E-state index in [1.807, 2.05) is 31.2 Å². The number of benzene rings is 1. The summed E-state index contributed by atoms with van der Waals surface area (Å²) in [7, 11) is 1.59. The van der Waals surface area contributed by atoms with E-state index in [4.69, 9.17) is 9.47 Å². The average molecular weight is 391 g/mol. The molecular weight excluding hydrogens is 352 g/mol. The van der Waals surface area contributed by atoms with E-state index >= 15 is 0 Å². The molecule has 1 fully saturated rings. The summed E-state index contributed by atoms with van der Waals surface area (Å²) in [5.74, 6) is 1.10. The molecule has 5 nitrogen and oxygen atoms in total. The van der Waals surface area contributed by atoms with Gasteiger partial charge in [-0.15, -0.1) is 0 Å². The number of hydrogen-bond acceptors (Lipinski definition) is 4. The molecule has 0 spiro atoms. The van der Waals surface area contributed by atoms with E-state index in [1.165, 1.54) is 38.8 Å². The van der Waals surface area contributed by atoms with Crippen molar-refractivity contribution in [3.63, 3.8) is 0 Å². The van der Waals surface area contributed by atoms with Gasteiger partial charge in [0.15, 0.2) is 0 Å². The highest BCUT2D eigenvalue weighted by Gasteiger charge is 2.33. The summed E-state index contributed by atoms with van der Waals surface area (Å²) in [5, 5.41) is 2.96. The summed E-state index contributed by atoms with van der Waals surface area (Å²) >= 11 is 0. The maximum Gasteiger partial charge on any atom is 0.256 e. The molecule has 1 heterocycles. The number of carbonyl (C=O) groups excluding carboxylic acids is 1. The van der Waals surface area contributed by atoms with Gasteiger partial charge in [0.2, 0.25) is 0 Å². The maximum atomic E-state index is 12.6. The summed E-state index contributed by atoms with van der Waals surface area (Å²) in [5.41, 5.74) is -0.0645. The topological polar surface area (TPSA) is 50.8 Å². The van der Waals surface area contributed by atoms with E-state index in [2.05, 4.69) is 24.1 Å². The largest absolute Gasteiger partial charge is 0.494 e. The van der Waals surface area contributed by atoms with Gasteiger partial charge in [0, 0.05) is 19.3 Å². The van der Waals surface area contributed by atoms with Gasteiger partial charge in [0.05, 0.1) is 6.61 Å². The monoisotopic (exact) mass is 390 g/mol. The Morgan fingerprint density at radius 3 is 2.36 bits per heavy atom. The van der Waals surface area contributed by atoms with Crippen LogP contribution in [0.15, 0.2) is 24.3 Å². The summed E-state index contributed by atoms with van der Waals surface area (Å²) in [6.45, 7) is 10.3. The molecule has 1 N–H and O–H groups in total. The fourth-order valence-corrected chi connectivity index (χ4v) is 3.78. The second-order valence-corrected chi connectivity index (χ2v) is 8.47. The van der Waals surface area contributed by atoms with Crippen LogP contribution >= 0.6 is 0 Å². The van der Waals surface area contributed by atoms with E-state index in [0.717, 1.165) is 31.0 Å².